The molecule has 4 heteroatoms. The van der Waals surface area contributed by atoms with E-state index in [4.69, 9.17) is 0 Å². The minimum atomic E-state index is -0.0754. The maximum absolute atomic E-state index is 12.5. The molecule has 0 aromatic heterocycles. The van der Waals surface area contributed by atoms with Crippen LogP contribution in [0.1, 0.15) is 45.1 Å². The molecule has 1 saturated heterocycles. The fraction of sp³-hybridized carbons (Fsp3) is 0.611. The fourth-order valence-electron chi connectivity index (χ4n) is 3.67. The quantitative estimate of drug-likeness (QED) is 0.822. The summed E-state index contributed by atoms with van der Waals surface area (Å²) in [4.78, 5) is 14.8. The normalized spacial score (nSPS) is 27.6. The first-order chi connectivity index (χ1) is 10.7. The summed E-state index contributed by atoms with van der Waals surface area (Å²) in [5.41, 5.74) is 2.62. The van der Waals surface area contributed by atoms with Crippen molar-refractivity contribution in [2.75, 3.05) is 11.4 Å². The van der Waals surface area contributed by atoms with Gasteiger partial charge in [-0.05, 0) is 31.4 Å². The van der Waals surface area contributed by atoms with E-state index in [0.717, 1.165) is 25.8 Å². The minimum Gasteiger partial charge on any atom is -0.338 e. The monoisotopic (exact) mass is 301 g/mol. The second kappa shape index (κ2) is 6.69. The van der Waals surface area contributed by atoms with Crippen molar-refractivity contribution >= 4 is 11.6 Å². The number of fused-ring (bicyclic) bond motifs is 1. The molecule has 3 atom stereocenters. The van der Waals surface area contributed by atoms with Gasteiger partial charge in [0.2, 0.25) is 5.91 Å². The van der Waals surface area contributed by atoms with Crippen LogP contribution in [0.2, 0.25) is 0 Å². The van der Waals surface area contributed by atoms with E-state index in [1.54, 1.807) is 0 Å². The second-order valence-corrected chi connectivity index (χ2v) is 6.54. The predicted octanol–water partition coefficient (Wildman–Crippen LogP) is 2.64. The van der Waals surface area contributed by atoms with Gasteiger partial charge in [-0.1, -0.05) is 44.4 Å². The number of anilines is 1. The van der Waals surface area contributed by atoms with Crippen LogP contribution in [0.3, 0.4) is 0 Å². The third-order valence-electron chi connectivity index (χ3n) is 4.99. The molecular weight excluding hydrogens is 274 g/mol. The number of amides is 1. The van der Waals surface area contributed by atoms with Crippen LogP contribution in [-0.2, 0) is 11.2 Å². The lowest BCUT2D eigenvalue weighted by molar-refractivity contribution is -0.129. The molecule has 0 spiro atoms. The number of carbonyl (C=O) groups is 1. The number of rotatable bonds is 5. The molecule has 2 heterocycles. The first kappa shape index (κ1) is 15.3. The highest BCUT2D eigenvalue weighted by molar-refractivity contribution is 5.81. The standard InChI is InChI=1S/C18H27N3O/c1-3-4-5-9-15-13(2)19-18(20-17(15)22)21-12-11-14-8-6-7-10-16(14)21/h6-8,10,13,15,18-19H,3-5,9,11-12H2,1-2H3,(H,20,22). The summed E-state index contributed by atoms with van der Waals surface area (Å²) >= 11 is 0. The van der Waals surface area contributed by atoms with Crippen LogP contribution >= 0.6 is 0 Å². The second-order valence-electron chi connectivity index (χ2n) is 6.54. The first-order valence-corrected chi connectivity index (χ1v) is 8.61. The first-order valence-electron chi connectivity index (χ1n) is 8.61. The summed E-state index contributed by atoms with van der Waals surface area (Å²) in [5.74, 6) is 0.303. The van der Waals surface area contributed by atoms with Crippen LogP contribution in [0.15, 0.2) is 24.3 Å². The van der Waals surface area contributed by atoms with Gasteiger partial charge in [0.15, 0.2) is 6.29 Å². The molecule has 120 valence electrons. The Bertz CT molecular complexity index is 531. The molecule has 0 radical (unpaired) electrons. The average molecular weight is 301 g/mol. The van der Waals surface area contributed by atoms with Crippen molar-refractivity contribution in [2.45, 2.75) is 58.3 Å². The fourth-order valence-corrected chi connectivity index (χ4v) is 3.67. The van der Waals surface area contributed by atoms with Crippen LogP contribution in [0.5, 0.6) is 0 Å². The number of hydrogen-bond acceptors (Lipinski definition) is 3. The summed E-state index contributed by atoms with van der Waals surface area (Å²) in [5, 5.41) is 6.78. The summed E-state index contributed by atoms with van der Waals surface area (Å²) in [7, 11) is 0. The largest absolute Gasteiger partial charge is 0.338 e. The van der Waals surface area contributed by atoms with Crippen LogP contribution in [0.4, 0.5) is 5.69 Å². The molecule has 0 aliphatic carbocycles. The van der Waals surface area contributed by atoms with Crippen LogP contribution in [0, 0.1) is 5.92 Å². The Hall–Kier alpha value is -1.55. The zero-order chi connectivity index (χ0) is 15.5. The van der Waals surface area contributed by atoms with E-state index in [2.05, 4.69) is 53.6 Å². The van der Waals surface area contributed by atoms with E-state index in [1.165, 1.54) is 24.1 Å². The number of nitrogens with zero attached hydrogens (tertiary/aromatic N) is 1. The highest BCUT2D eigenvalue weighted by atomic mass is 16.2. The number of unbranched alkanes of at least 4 members (excludes halogenated alkanes) is 2. The van der Waals surface area contributed by atoms with Crippen molar-refractivity contribution in [3.05, 3.63) is 29.8 Å². The zero-order valence-corrected chi connectivity index (χ0v) is 13.6. The number of benzene rings is 1. The van der Waals surface area contributed by atoms with Gasteiger partial charge >= 0.3 is 0 Å². The van der Waals surface area contributed by atoms with E-state index in [9.17, 15) is 4.79 Å². The SMILES string of the molecule is CCCCCC1C(=O)NC(N2CCc3ccccc32)NC1C. The van der Waals surface area contributed by atoms with E-state index in [-0.39, 0.29) is 24.2 Å². The molecule has 3 unspecified atom stereocenters. The summed E-state index contributed by atoms with van der Waals surface area (Å²) in [6.45, 7) is 5.30. The third kappa shape index (κ3) is 2.98. The Morgan fingerprint density at radius 3 is 2.86 bits per heavy atom. The van der Waals surface area contributed by atoms with Gasteiger partial charge in [0.25, 0.3) is 0 Å². The number of hydrogen-bond donors (Lipinski definition) is 2. The minimum absolute atomic E-state index is 0.0754. The summed E-state index contributed by atoms with van der Waals surface area (Å²) in [6.07, 6.45) is 5.50. The van der Waals surface area contributed by atoms with Gasteiger partial charge < -0.3 is 10.2 Å². The Morgan fingerprint density at radius 1 is 1.27 bits per heavy atom. The van der Waals surface area contributed by atoms with Gasteiger partial charge in [-0.25, -0.2) is 0 Å². The Morgan fingerprint density at radius 2 is 2.09 bits per heavy atom. The predicted molar refractivity (Wildman–Crippen MR) is 89.7 cm³/mol. The van der Waals surface area contributed by atoms with Crippen molar-refractivity contribution in [3.63, 3.8) is 0 Å². The molecule has 2 aliphatic heterocycles. The highest BCUT2D eigenvalue weighted by Crippen LogP contribution is 2.29. The number of nitrogens with one attached hydrogen (secondary N) is 2. The third-order valence-corrected chi connectivity index (χ3v) is 4.99. The molecule has 0 saturated carbocycles. The molecule has 3 rings (SSSR count). The molecule has 0 bridgehead atoms. The summed E-state index contributed by atoms with van der Waals surface area (Å²) < 4.78 is 0. The lowest BCUT2D eigenvalue weighted by Gasteiger charge is -2.41. The lowest BCUT2D eigenvalue weighted by Crippen LogP contribution is -2.66. The van der Waals surface area contributed by atoms with Crippen molar-refractivity contribution in [2.24, 2.45) is 5.92 Å². The van der Waals surface area contributed by atoms with Crippen molar-refractivity contribution in [1.82, 2.24) is 10.6 Å². The smallest absolute Gasteiger partial charge is 0.227 e. The van der Waals surface area contributed by atoms with Crippen LogP contribution in [0.25, 0.3) is 0 Å². The summed E-state index contributed by atoms with van der Waals surface area (Å²) in [6, 6.07) is 8.70. The highest BCUT2D eigenvalue weighted by Gasteiger charge is 2.37. The Labute approximate surface area is 133 Å². The molecule has 2 aliphatic rings. The van der Waals surface area contributed by atoms with Gasteiger partial charge in [-0.3, -0.25) is 10.1 Å². The van der Waals surface area contributed by atoms with Crippen molar-refractivity contribution in [3.8, 4) is 0 Å². The van der Waals surface area contributed by atoms with Gasteiger partial charge in [0, 0.05) is 18.3 Å². The number of para-hydroxylation sites is 1. The molecule has 2 N–H and O–H groups in total. The van der Waals surface area contributed by atoms with E-state index in [1.807, 2.05) is 0 Å². The number of carbonyl (C=O) groups excluding carboxylic acids is 1. The van der Waals surface area contributed by atoms with Gasteiger partial charge in [0.1, 0.15) is 0 Å². The van der Waals surface area contributed by atoms with Gasteiger partial charge in [-0.15, -0.1) is 0 Å². The maximum Gasteiger partial charge on any atom is 0.227 e. The van der Waals surface area contributed by atoms with Gasteiger partial charge in [-0.2, -0.15) is 0 Å². The van der Waals surface area contributed by atoms with E-state index >= 15 is 0 Å². The van der Waals surface area contributed by atoms with E-state index in [0.29, 0.717) is 0 Å². The molecule has 4 nitrogen and oxygen atoms in total. The zero-order valence-electron chi connectivity index (χ0n) is 13.6. The maximum atomic E-state index is 12.5. The van der Waals surface area contributed by atoms with E-state index < -0.39 is 0 Å². The van der Waals surface area contributed by atoms with Crippen molar-refractivity contribution in [1.29, 1.82) is 0 Å². The van der Waals surface area contributed by atoms with Crippen LogP contribution in [-0.4, -0.2) is 24.8 Å². The molecule has 22 heavy (non-hydrogen) atoms. The van der Waals surface area contributed by atoms with Gasteiger partial charge in [0.05, 0.1) is 5.92 Å². The molecular formula is C18H27N3O. The van der Waals surface area contributed by atoms with Crippen LogP contribution < -0.4 is 15.5 Å². The molecule has 1 aromatic carbocycles. The Balaban J connectivity index is 1.65. The van der Waals surface area contributed by atoms with Crippen molar-refractivity contribution < 1.29 is 4.79 Å². The topological polar surface area (TPSA) is 44.4 Å². The average Bonchev–Trinajstić information content (AvgIpc) is 2.94. The Kier molecular flexibility index (Phi) is 4.67. The molecule has 1 amide bonds. The molecule has 1 aromatic rings. The lowest BCUT2D eigenvalue weighted by atomic mass is 9.92. The molecule has 1 fully saturated rings.